The summed E-state index contributed by atoms with van der Waals surface area (Å²) >= 11 is 23.0. The van der Waals surface area contributed by atoms with Gasteiger partial charge in [-0.05, 0) is 34.1 Å². The zero-order valence-electron chi connectivity index (χ0n) is 8.44. The van der Waals surface area contributed by atoms with Crippen LogP contribution in [0.5, 0.6) is 0 Å². The van der Waals surface area contributed by atoms with Crippen LogP contribution in [-0.2, 0) is 6.54 Å². The molecule has 0 atom stereocenters. The summed E-state index contributed by atoms with van der Waals surface area (Å²) in [4.78, 5) is 1.11. The average molecular weight is 372 g/mol. The third-order valence-corrected chi connectivity index (χ3v) is 5.20. The minimum Gasteiger partial charge on any atom is -0.378 e. The van der Waals surface area contributed by atoms with E-state index in [1.807, 2.05) is 12.1 Å². The number of nitrogens with one attached hydrogen (secondary N) is 1. The first kappa shape index (κ1) is 13.5. The molecule has 0 bridgehead atoms. The van der Waals surface area contributed by atoms with Gasteiger partial charge in [-0.3, -0.25) is 0 Å². The lowest BCUT2D eigenvalue weighted by Crippen LogP contribution is -1.98. The molecule has 1 N–H and O–H groups in total. The first-order valence-electron chi connectivity index (χ1n) is 4.69. The predicted octanol–water partition coefficient (Wildman–Crippen LogP) is 6.08. The molecule has 0 aliphatic carbocycles. The number of hydrogen-bond acceptors (Lipinski definition) is 2. The molecule has 6 heteroatoms. The van der Waals surface area contributed by atoms with Gasteiger partial charge in [0.2, 0.25) is 0 Å². The summed E-state index contributed by atoms with van der Waals surface area (Å²) in [5.74, 6) is 0. The average Bonchev–Trinajstić information content (AvgIpc) is 2.58. The Hall–Kier alpha value is 0.0700. The molecule has 1 aromatic heterocycles. The molecule has 17 heavy (non-hydrogen) atoms. The van der Waals surface area contributed by atoms with Crippen molar-refractivity contribution in [1.82, 2.24) is 0 Å². The zero-order chi connectivity index (χ0) is 12.4. The van der Waals surface area contributed by atoms with Crippen LogP contribution in [0.25, 0.3) is 0 Å². The molecule has 1 heterocycles. The highest BCUT2D eigenvalue weighted by Gasteiger charge is 2.07. The van der Waals surface area contributed by atoms with Crippen molar-refractivity contribution in [3.05, 3.63) is 48.0 Å². The molecular formula is C11H7BrCl3NS. The number of para-hydroxylation sites is 1. The van der Waals surface area contributed by atoms with Crippen LogP contribution in [0.1, 0.15) is 4.88 Å². The fourth-order valence-electron chi connectivity index (χ4n) is 1.32. The monoisotopic (exact) mass is 369 g/mol. The number of anilines is 1. The lowest BCUT2D eigenvalue weighted by atomic mass is 10.3. The van der Waals surface area contributed by atoms with E-state index in [1.54, 1.807) is 12.1 Å². The van der Waals surface area contributed by atoms with Crippen LogP contribution in [0.2, 0.25) is 14.4 Å². The van der Waals surface area contributed by atoms with Crippen molar-refractivity contribution in [2.75, 3.05) is 5.32 Å². The first-order chi connectivity index (χ1) is 8.08. The van der Waals surface area contributed by atoms with Gasteiger partial charge in [-0.15, -0.1) is 11.3 Å². The van der Waals surface area contributed by atoms with E-state index in [1.165, 1.54) is 11.3 Å². The minimum absolute atomic E-state index is 0.610. The van der Waals surface area contributed by atoms with Gasteiger partial charge in [0.1, 0.15) is 4.34 Å². The van der Waals surface area contributed by atoms with Crippen molar-refractivity contribution in [3.8, 4) is 0 Å². The van der Waals surface area contributed by atoms with Crippen LogP contribution in [-0.4, -0.2) is 0 Å². The second-order valence-electron chi connectivity index (χ2n) is 3.28. The maximum atomic E-state index is 6.05. The molecule has 0 saturated carbocycles. The van der Waals surface area contributed by atoms with Crippen LogP contribution in [0.4, 0.5) is 5.69 Å². The number of hydrogen-bond donors (Lipinski definition) is 1. The molecule has 0 unspecified atom stereocenters. The highest BCUT2D eigenvalue weighted by Crippen LogP contribution is 2.34. The number of thiophene rings is 1. The third-order valence-electron chi connectivity index (χ3n) is 2.10. The van der Waals surface area contributed by atoms with Gasteiger partial charge in [0.05, 0.1) is 15.7 Å². The van der Waals surface area contributed by atoms with Gasteiger partial charge in [-0.2, -0.15) is 0 Å². The standard InChI is InChI=1S/C11H7BrCl3NS/c12-7-4-6(17-11(7)15)5-16-10-8(13)2-1-3-9(10)14/h1-4,16H,5H2. The van der Waals surface area contributed by atoms with Crippen molar-refractivity contribution >= 4 is 67.8 Å². The normalized spacial score (nSPS) is 10.6. The topological polar surface area (TPSA) is 12.0 Å². The quantitative estimate of drug-likeness (QED) is 0.689. The van der Waals surface area contributed by atoms with E-state index in [9.17, 15) is 0 Å². The summed E-state index contributed by atoms with van der Waals surface area (Å²) in [5, 5.41) is 4.43. The van der Waals surface area contributed by atoms with Gasteiger partial charge in [0.25, 0.3) is 0 Å². The van der Waals surface area contributed by atoms with E-state index < -0.39 is 0 Å². The lowest BCUT2D eigenvalue weighted by molar-refractivity contribution is 1.19. The van der Waals surface area contributed by atoms with Gasteiger partial charge in [0.15, 0.2) is 0 Å². The number of rotatable bonds is 3. The number of halogens is 4. The molecule has 90 valence electrons. The van der Waals surface area contributed by atoms with Gasteiger partial charge in [-0.25, -0.2) is 0 Å². The maximum absolute atomic E-state index is 6.05. The highest BCUT2D eigenvalue weighted by atomic mass is 79.9. The fourth-order valence-corrected chi connectivity index (χ4v) is 3.58. The molecule has 1 aromatic carbocycles. The van der Waals surface area contributed by atoms with E-state index in [0.29, 0.717) is 16.6 Å². The van der Waals surface area contributed by atoms with Gasteiger partial charge in [0, 0.05) is 15.9 Å². The molecule has 0 amide bonds. The fraction of sp³-hybridized carbons (Fsp3) is 0.0909. The molecule has 1 nitrogen and oxygen atoms in total. The Labute approximate surface area is 127 Å². The second-order valence-corrected chi connectivity index (χ2v) is 6.69. The number of benzene rings is 1. The summed E-state index contributed by atoms with van der Waals surface area (Å²) in [6, 6.07) is 7.39. The van der Waals surface area contributed by atoms with E-state index in [2.05, 4.69) is 21.2 Å². The van der Waals surface area contributed by atoms with E-state index in [-0.39, 0.29) is 0 Å². The van der Waals surface area contributed by atoms with Crippen molar-refractivity contribution in [2.24, 2.45) is 0 Å². The van der Waals surface area contributed by atoms with Gasteiger partial charge < -0.3 is 5.32 Å². The molecule has 0 radical (unpaired) electrons. The molecule has 0 saturated heterocycles. The molecule has 0 spiro atoms. The van der Waals surface area contributed by atoms with Gasteiger partial charge in [-0.1, -0.05) is 40.9 Å². The van der Waals surface area contributed by atoms with E-state index >= 15 is 0 Å². The summed E-state index contributed by atoms with van der Waals surface area (Å²) in [5.41, 5.74) is 0.747. The van der Waals surface area contributed by atoms with Crippen molar-refractivity contribution in [1.29, 1.82) is 0 Å². The molecule has 2 rings (SSSR count). The first-order valence-corrected chi connectivity index (χ1v) is 7.44. The Morgan fingerprint density at radius 2 is 1.82 bits per heavy atom. The van der Waals surface area contributed by atoms with Crippen LogP contribution >= 0.6 is 62.1 Å². The van der Waals surface area contributed by atoms with Crippen molar-refractivity contribution in [3.63, 3.8) is 0 Å². The Morgan fingerprint density at radius 1 is 1.18 bits per heavy atom. The predicted molar refractivity (Wildman–Crippen MR) is 80.8 cm³/mol. The summed E-state index contributed by atoms with van der Waals surface area (Å²) in [7, 11) is 0. The smallest absolute Gasteiger partial charge is 0.107 e. The van der Waals surface area contributed by atoms with E-state index in [0.717, 1.165) is 19.4 Å². The Kier molecular flexibility index (Phi) is 4.61. The SMILES string of the molecule is Clc1cccc(Cl)c1NCc1cc(Br)c(Cl)s1. The molecule has 0 fully saturated rings. The van der Waals surface area contributed by atoms with Crippen LogP contribution in [0, 0.1) is 0 Å². The van der Waals surface area contributed by atoms with Crippen molar-refractivity contribution in [2.45, 2.75) is 6.54 Å². The molecular weight excluding hydrogens is 364 g/mol. The molecule has 0 aliphatic rings. The maximum Gasteiger partial charge on any atom is 0.107 e. The van der Waals surface area contributed by atoms with Crippen LogP contribution in [0.3, 0.4) is 0 Å². The molecule has 0 aliphatic heterocycles. The Bertz CT molecular complexity index is 502. The third kappa shape index (κ3) is 3.30. The van der Waals surface area contributed by atoms with Crippen LogP contribution in [0.15, 0.2) is 28.7 Å². The van der Waals surface area contributed by atoms with E-state index in [4.69, 9.17) is 34.8 Å². The zero-order valence-corrected chi connectivity index (χ0v) is 13.1. The highest BCUT2D eigenvalue weighted by molar-refractivity contribution is 9.10. The summed E-state index contributed by atoms with van der Waals surface area (Å²) in [6.07, 6.45) is 0. The summed E-state index contributed by atoms with van der Waals surface area (Å²) in [6.45, 7) is 0.638. The molecule has 2 aromatic rings. The summed E-state index contributed by atoms with van der Waals surface area (Å²) < 4.78 is 1.65. The lowest BCUT2D eigenvalue weighted by Gasteiger charge is -2.08. The Morgan fingerprint density at radius 3 is 2.35 bits per heavy atom. The van der Waals surface area contributed by atoms with Crippen molar-refractivity contribution < 1.29 is 0 Å². The minimum atomic E-state index is 0.610. The van der Waals surface area contributed by atoms with Crippen LogP contribution < -0.4 is 5.32 Å². The largest absolute Gasteiger partial charge is 0.378 e. The van der Waals surface area contributed by atoms with Gasteiger partial charge >= 0.3 is 0 Å². The second kappa shape index (κ2) is 5.81. The Balaban J connectivity index is 2.12.